The highest BCUT2D eigenvalue weighted by Gasteiger charge is 2.09. The van der Waals surface area contributed by atoms with Gasteiger partial charge < -0.3 is 5.32 Å². The average molecular weight is 279 g/mol. The van der Waals surface area contributed by atoms with Gasteiger partial charge in [0, 0.05) is 5.69 Å². The van der Waals surface area contributed by atoms with Crippen LogP contribution in [-0.4, -0.2) is 12.2 Å². The van der Waals surface area contributed by atoms with E-state index in [1.54, 1.807) is 6.21 Å². The predicted octanol–water partition coefficient (Wildman–Crippen LogP) is 3.33. The van der Waals surface area contributed by atoms with Gasteiger partial charge in [-0.2, -0.15) is 5.10 Å². The molecule has 2 N–H and O–H groups in total. The molecular weight excluding hydrogens is 262 g/mol. The van der Waals surface area contributed by atoms with Crippen molar-refractivity contribution in [2.75, 3.05) is 5.32 Å². The number of hydrogen-bond acceptors (Lipinski definition) is 2. The number of aryl methyl sites for hydroxylation is 2. The SMILES string of the molecule is O=C(N/N=C/c1ccc2c(c1)CCC2)Nc1ccccc1. The first-order chi connectivity index (χ1) is 10.3. The lowest BCUT2D eigenvalue weighted by atomic mass is 10.1. The van der Waals surface area contributed by atoms with Crippen molar-refractivity contribution in [3.8, 4) is 0 Å². The van der Waals surface area contributed by atoms with Crippen molar-refractivity contribution in [1.82, 2.24) is 5.43 Å². The van der Waals surface area contributed by atoms with E-state index in [1.807, 2.05) is 36.4 Å². The minimum absolute atomic E-state index is 0.349. The molecule has 2 aromatic rings. The maximum Gasteiger partial charge on any atom is 0.339 e. The molecule has 1 aliphatic rings. The summed E-state index contributed by atoms with van der Waals surface area (Å²) in [4.78, 5) is 11.7. The molecule has 0 radical (unpaired) electrons. The fourth-order valence-corrected chi connectivity index (χ4v) is 2.52. The Hall–Kier alpha value is -2.62. The molecule has 4 heteroatoms. The first kappa shape index (κ1) is 13.4. The number of fused-ring (bicyclic) bond motifs is 1. The van der Waals surface area contributed by atoms with Crippen LogP contribution < -0.4 is 10.7 Å². The normalized spacial score (nSPS) is 13.1. The molecule has 0 heterocycles. The Bertz CT molecular complexity index is 665. The molecule has 2 amide bonds. The lowest BCUT2D eigenvalue weighted by Crippen LogP contribution is -2.24. The summed E-state index contributed by atoms with van der Waals surface area (Å²) in [6, 6.07) is 15.2. The maximum atomic E-state index is 11.7. The molecule has 0 fully saturated rings. The molecular formula is C17H17N3O. The second kappa shape index (κ2) is 6.22. The zero-order valence-electron chi connectivity index (χ0n) is 11.7. The lowest BCUT2D eigenvalue weighted by molar-refractivity contribution is 0.252. The molecule has 1 aliphatic carbocycles. The largest absolute Gasteiger partial charge is 0.339 e. The Balaban J connectivity index is 1.56. The van der Waals surface area contributed by atoms with Crippen LogP contribution in [-0.2, 0) is 12.8 Å². The van der Waals surface area contributed by atoms with Crippen molar-refractivity contribution in [2.45, 2.75) is 19.3 Å². The van der Waals surface area contributed by atoms with Gasteiger partial charge in [0.1, 0.15) is 0 Å². The van der Waals surface area contributed by atoms with Crippen molar-refractivity contribution in [3.63, 3.8) is 0 Å². The summed E-state index contributed by atoms with van der Waals surface area (Å²) in [5.74, 6) is 0. The third-order valence-corrected chi connectivity index (χ3v) is 3.53. The third-order valence-electron chi connectivity index (χ3n) is 3.53. The van der Waals surface area contributed by atoms with Gasteiger partial charge in [-0.3, -0.25) is 0 Å². The fourth-order valence-electron chi connectivity index (χ4n) is 2.52. The number of urea groups is 1. The van der Waals surface area contributed by atoms with Crippen LogP contribution in [0.5, 0.6) is 0 Å². The number of amides is 2. The van der Waals surface area contributed by atoms with E-state index in [9.17, 15) is 4.79 Å². The molecule has 0 saturated heterocycles. The summed E-state index contributed by atoms with van der Waals surface area (Å²) in [6.45, 7) is 0. The summed E-state index contributed by atoms with van der Waals surface area (Å²) >= 11 is 0. The monoisotopic (exact) mass is 279 g/mol. The summed E-state index contributed by atoms with van der Waals surface area (Å²) in [7, 11) is 0. The standard InChI is InChI=1S/C17H17N3O/c21-17(19-16-7-2-1-3-8-16)20-18-12-13-9-10-14-5-4-6-15(14)11-13/h1-3,7-12H,4-6H2,(H2,19,20,21)/b18-12+. The third kappa shape index (κ3) is 3.48. The van der Waals surface area contributed by atoms with Gasteiger partial charge in [-0.05, 0) is 54.2 Å². The number of nitrogens with zero attached hydrogens (tertiary/aromatic N) is 1. The smallest absolute Gasteiger partial charge is 0.307 e. The van der Waals surface area contributed by atoms with Crippen LogP contribution in [0.3, 0.4) is 0 Å². The van der Waals surface area contributed by atoms with E-state index >= 15 is 0 Å². The van der Waals surface area contributed by atoms with Crippen LogP contribution >= 0.6 is 0 Å². The van der Waals surface area contributed by atoms with Gasteiger partial charge in [0.25, 0.3) is 0 Å². The highest BCUT2D eigenvalue weighted by atomic mass is 16.2. The second-order valence-corrected chi connectivity index (χ2v) is 5.07. The molecule has 0 aromatic heterocycles. The molecule has 0 unspecified atom stereocenters. The topological polar surface area (TPSA) is 53.5 Å². The van der Waals surface area contributed by atoms with E-state index in [1.165, 1.54) is 24.0 Å². The number of para-hydroxylation sites is 1. The average Bonchev–Trinajstić information content (AvgIpc) is 2.96. The predicted molar refractivity (Wildman–Crippen MR) is 84.7 cm³/mol. The zero-order chi connectivity index (χ0) is 14.5. The van der Waals surface area contributed by atoms with Crippen molar-refractivity contribution >= 4 is 17.9 Å². The van der Waals surface area contributed by atoms with Gasteiger partial charge in [0.2, 0.25) is 0 Å². The number of anilines is 1. The molecule has 0 bridgehead atoms. The number of carbonyl (C=O) groups excluding carboxylic acids is 1. The van der Waals surface area contributed by atoms with E-state index in [-0.39, 0.29) is 6.03 Å². The molecule has 3 rings (SSSR count). The highest BCUT2D eigenvalue weighted by molar-refractivity contribution is 5.90. The van der Waals surface area contributed by atoms with Crippen LogP contribution in [0.1, 0.15) is 23.1 Å². The summed E-state index contributed by atoms with van der Waals surface area (Å²) in [5, 5.41) is 6.68. The molecule has 21 heavy (non-hydrogen) atoms. The van der Waals surface area contributed by atoms with Crippen LogP contribution in [0.25, 0.3) is 0 Å². The van der Waals surface area contributed by atoms with E-state index in [0.29, 0.717) is 0 Å². The minimum atomic E-state index is -0.349. The number of nitrogens with one attached hydrogen (secondary N) is 2. The van der Waals surface area contributed by atoms with Gasteiger partial charge in [0.05, 0.1) is 6.21 Å². The van der Waals surface area contributed by atoms with Gasteiger partial charge in [-0.15, -0.1) is 0 Å². The highest BCUT2D eigenvalue weighted by Crippen LogP contribution is 2.22. The fraction of sp³-hybridized carbons (Fsp3) is 0.176. The van der Waals surface area contributed by atoms with Crippen molar-refractivity contribution < 1.29 is 4.79 Å². The van der Waals surface area contributed by atoms with Crippen molar-refractivity contribution in [1.29, 1.82) is 0 Å². The molecule has 106 valence electrons. The molecule has 0 aliphatic heterocycles. The van der Waals surface area contributed by atoms with Crippen LogP contribution in [0.15, 0.2) is 53.6 Å². The van der Waals surface area contributed by atoms with E-state index in [2.05, 4.69) is 28.0 Å². The number of benzene rings is 2. The number of hydrogen-bond donors (Lipinski definition) is 2. The molecule has 4 nitrogen and oxygen atoms in total. The molecule has 0 spiro atoms. The maximum absolute atomic E-state index is 11.7. The zero-order valence-corrected chi connectivity index (χ0v) is 11.7. The first-order valence-corrected chi connectivity index (χ1v) is 7.08. The van der Waals surface area contributed by atoms with Gasteiger partial charge in [-0.25, -0.2) is 10.2 Å². The van der Waals surface area contributed by atoms with E-state index in [0.717, 1.165) is 17.7 Å². The Morgan fingerprint density at radius 1 is 1.05 bits per heavy atom. The van der Waals surface area contributed by atoms with Gasteiger partial charge in [0.15, 0.2) is 0 Å². The number of carbonyl (C=O) groups is 1. The number of rotatable bonds is 3. The van der Waals surface area contributed by atoms with E-state index < -0.39 is 0 Å². The first-order valence-electron chi connectivity index (χ1n) is 7.08. The second-order valence-electron chi connectivity index (χ2n) is 5.07. The Morgan fingerprint density at radius 3 is 2.71 bits per heavy atom. The summed E-state index contributed by atoms with van der Waals surface area (Å²) < 4.78 is 0. The van der Waals surface area contributed by atoms with Crippen LogP contribution in [0.2, 0.25) is 0 Å². The molecule has 0 saturated carbocycles. The number of hydrazone groups is 1. The van der Waals surface area contributed by atoms with Gasteiger partial charge in [-0.1, -0.05) is 30.3 Å². The molecule has 2 aromatic carbocycles. The Morgan fingerprint density at radius 2 is 1.86 bits per heavy atom. The molecule has 0 atom stereocenters. The summed E-state index contributed by atoms with van der Waals surface area (Å²) in [6.07, 6.45) is 5.21. The van der Waals surface area contributed by atoms with Crippen molar-refractivity contribution in [3.05, 3.63) is 65.2 Å². The van der Waals surface area contributed by atoms with Gasteiger partial charge >= 0.3 is 6.03 Å². The van der Waals surface area contributed by atoms with E-state index in [4.69, 9.17) is 0 Å². The van der Waals surface area contributed by atoms with Crippen LogP contribution in [0.4, 0.5) is 10.5 Å². The minimum Gasteiger partial charge on any atom is -0.307 e. The van der Waals surface area contributed by atoms with Crippen LogP contribution in [0, 0.1) is 0 Å². The lowest BCUT2D eigenvalue weighted by Gasteiger charge is -2.03. The van der Waals surface area contributed by atoms with Crippen molar-refractivity contribution in [2.24, 2.45) is 5.10 Å². The quantitative estimate of drug-likeness (QED) is 0.657. The summed E-state index contributed by atoms with van der Waals surface area (Å²) in [5.41, 5.74) is 7.04. The Labute approximate surface area is 123 Å². The Kier molecular flexibility index (Phi) is 3.96.